The first-order valence-electron chi connectivity index (χ1n) is 7.59. The molecule has 1 aromatic heterocycles. The summed E-state index contributed by atoms with van der Waals surface area (Å²) in [7, 11) is 0. The van der Waals surface area contributed by atoms with Gasteiger partial charge in [-0.1, -0.05) is 6.07 Å². The summed E-state index contributed by atoms with van der Waals surface area (Å²) in [6.07, 6.45) is 1.67. The van der Waals surface area contributed by atoms with Crippen LogP contribution >= 0.6 is 0 Å². The molecule has 0 saturated carbocycles. The number of rotatable bonds is 7. The van der Waals surface area contributed by atoms with Gasteiger partial charge in [0.2, 0.25) is 5.88 Å². The fraction of sp³-hybridized carbons (Fsp3) is 0.294. The van der Waals surface area contributed by atoms with Crippen molar-refractivity contribution in [2.24, 2.45) is 5.92 Å². The minimum Gasteiger partial charge on any atom is -0.484 e. The third kappa shape index (κ3) is 4.69. The van der Waals surface area contributed by atoms with E-state index >= 15 is 0 Å². The van der Waals surface area contributed by atoms with Crippen LogP contribution in [-0.2, 0) is 4.79 Å². The predicted molar refractivity (Wildman–Crippen MR) is 85.6 cm³/mol. The van der Waals surface area contributed by atoms with E-state index in [-0.39, 0.29) is 12.5 Å². The molecule has 0 bridgehead atoms. The Balaban J connectivity index is 1.42. The molecule has 2 heterocycles. The Hall–Kier alpha value is -2.60. The predicted octanol–water partition coefficient (Wildman–Crippen LogP) is 1.59. The Kier molecular flexibility index (Phi) is 5.06. The van der Waals surface area contributed by atoms with Crippen molar-refractivity contribution in [3.8, 4) is 17.4 Å². The zero-order valence-electron chi connectivity index (χ0n) is 12.7. The number of carbonyl (C=O) groups excluding carboxylic acids is 1. The fourth-order valence-corrected chi connectivity index (χ4v) is 2.08. The van der Waals surface area contributed by atoms with E-state index in [0.29, 0.717) is 29.8 Å². The molecule has 6 heteroatoms. The minimum atomic E-state index is -0.106. The minimum absolute atomic E-state index is 0.0145. The lowest BCUT2D eigenvalue weighted by Gasteiger charge is -2.27. The highest BCUT2D eigenvalue weighted by Gasteiger charge is 2.17. The molecule has 0 atom stereocenters. The van der Waals surface area contributed by atoms with Gasteiger partial charge in [0, 0.05) is 37.8 Å². The molecule has 23 heavy (non-hydrogen) atoms. The average molecular weight is 313 g/mol. The Morgan fingerprint density at radius 3 is 2.61 bits per heavy atom. The van der Waals surface area contributed by atoms with Gasteiger partial charge in [-0.05, 0) is 30.3 Å². The smallest absolute Gasteiger partial charge is 0.257 e. The lowest BCUT2D eigenvalue weighted by molar-refractivity contribution is -0.123. The second-order valence-corrected chi connectivity index (χ2v) is 5.36. The summed E-state index contributed by atoms with van der Waals surface area (Å²) in [5.41, 5.74) is 0. The largest absolute Gasteiger partial charge is 0.484 e. The molecule has 0 spiro atoms. The second kappa shape index (κ2) is 7.60. The van der Waals surface area contributed by atoms with Gasteiger partial charge in [-0.3, -0.25) is 4.79 Å². The maximum atomic E-state index is 11.7. The topological polar surface area (TPSA) is 72.5 Å². The Morgan fingerprint density at radius 2 is 1.96 bits per heavy atom. The zero-order chi connectivity index (χ0) is 15.9. The summed E-state index contributed by atoms with van der Waals surface area (Å²) in [5.74, 6) is 2.26. The third-order valence-corrected chi connectivity index (χ3v) is 3.51. The Labute approximate surface area is 134 Å². The number of benzene rings is 1. The van der Waals surface area contributed by atoms with Crippen LogP contribution in [0.25, 0.3) is 0 Å². The van der Waals surface area contributed by atoms with Crippen molar-refractivity contribution in [2.45, 2.75) is 0 Å². The molecule has 1 saturated heterocycles. The Bertz CT molecular complexity index is 627. The molecule has 3 rings (SSSR count). The van der Waals surface area contributed by atoms with E-state index in [9.17, 15) is 4.79 Å². The van der Waals surface area contributed by atoms with Crippen LogP contribution in [0, 0.1) is 5.92 Å². The number of pyridine rings is 1. The van der Waals surface area contributed by atoms with Crippen LogP contribution in [-0.4, -0.2) is 37.1 Å². The standard InChI is InChI=1S/C17H19N3O3/c21-16(20-11-13-9-18-10-13)12-22-14-4-6-15(7-5-14)23-17-3-1-2-8-19-17/h1-8,13,18H,9-12H2,(H,20,21). The van der Waals surface area contributed by atoms with Gasteiger partial charge in [0.15, 0.2) is 6.61 Å². The monoisotopic (exact) mass is 313 g/mol. The van der Waals surface area contributed by atoms with Crippen molar-refractivity contribution in [3.05, 3.63) is 48.7 Å². The highest BCUT2D eigenvalue weighted by molar-refractivity contribution is 5.77. The van der Waals surface area contributed by atoms with Crippen LogP contribution in [0.4, 0.5) is 0 Å². The number of nitrogens with one attached hydrogen (secondary N) is 2. The molecular formula is C17H19N3O3. The molecule has 1 aliphatic heterocycles. The number of hydrogen-bond acceptors (Lipinski definition) is 5. The number of aromatic nitrogens is 1. The van der Waals surface area contributed by atoms with Crippen molar-refractivity contribution < 1.29 is 14.3 Å². The lowest BCUT2D eigenvalue weighted by Crippen LogP contribution is -2.48. The van der Waals surface area contributed by atoms with Crippen LogP contribution in [0.2, 0.25) is 0 Å². The van der Waals surface area contributed by atoms with E-state index in [1.54, 1.807) is 36.5 Å². The molecular weight excluding hydrogens is 294 g/mol. The van der Waals surface area contributed by atoms with Crippen molar-refractivity contribution in [3.63, 3.8) is 0 Å². The van der Waals surface area contributed by atoms with Crippen molar-refractivity contribution in [2.75, 3.05) is 26.2 Å². The fourth-order valence-electron chi connectivity index (χ4n) is 2.08. The van der Waals surface area contributed by atoms with Gasteiger partial charge in [0.05, 0.1) is 0 Å². The number of carbonyl (C=O) groups is 1. The maximum Gasteiger partial charge on any atom is 0.257 e. The molecule has 1 aliphatic rings. The van der Waals surface area contributed by atoms with Crippen LogP contribution in [0.3, 0.4) is 0 Å². The lowest BCUT2D eigenvalue weighted by atomic mass is 10.0. The highest BCUT2D eigenvalue weighted by atomic mass is 16.5. The molecule has 0 unspecified atom stereocenters. The molecule has 2 aromatic rings. The van der Waals surface area contributed by atoms with Gasteiger partial charge >= 0.3 is 0 Å². The molecule has 120 valence electrons. The third-order valence-electron chi connectivity index (χ3n) is 3.51. The van der Waals surface area contributed by atoms with Crippen molar-refractivity contribution in [1.29, 1.82) is 0 Å². The van der Waals surface area contributed by atoms with Crippen LogP contribution in [0.1, 0.15) is 0 Å². The summed E-state index contributed by atoms with van der Waals surface area (Å²) < 4.78 is 11.0. The maximum absolute atomic E-state index is 11.7. The molecule has 1 fully saturated rings. The van der Waals surface area contributed by atoms with Gasteiger partial charge in [-0.15, -0.1) is 0 Å². The van der Waals surface area contributed by atoms with Gasteiger partial charge in [-0.2, -0.15) is 0 Å². The highest BCUT2D eigenvalue weighted by Crippen LogP contribution is 2.22. The first-order valence-corrected chi connectivity index (χ1v) is 7.59. The van der Waals surface area contributed by atoms with Gasteiger partial charge in [0.25, 0.3) is 5.91 Å². The quantitative estimate of drug-likeness (QED) is 0.812. The van der Waals surface area contributed by atoms with Crippen molar-refractivity contribution in [1.82, 2.24) is 15.6 Å². The normalized spacial score (nSPS) is 13.9. The zero-order valence-corrected chi connectivity index (χ0v) is 12.7. The Morgan fingerprint density at radius 1 is 1.17 bits per heavy atom. The molecule has 1 amide bonds. The van der Waals surface area contributed by atoms with Crippen LogP contribution in [0.15, 0.2) is 48.7 Å². The second-order valence-electron chi connectivity index (χ2n) is 5.36. The van der Waals surface area contributed by atoms with E-state index in [2.05, 4.69) is 15.6 Å². The van der Waals surface area contributed by atoms with Gasteiger partial charge < -0.3 is 20.1 Å². The summed E-state index contributed by atoms with van der Waals surface area (Å²) in [4.78, 5) is 15.8. The summed E-state index contributed by atoms with van der Waals surface area (Å²) in [6.45, 7) is 2.66. The van der Waals surface area contributed by atoms with Gasteiger partial charge in [0.1, 0.15) is 11.5 Å². The van der Waals surface area contributed by atoms with E-state index < -0.39 is 0 Å². The molecule has 2 N–H and O–H groups in total. The summed E-state index contributed by atoms with van der Waals surface area (Å²) in [5, 5.41) is 6.03. The summed E-state index contributed by atoms with van der Waals surface area (Å²) in [6, 6.07) is 12.6. The number of ether oxygens (including phenoxy) is 2. The molecule has 0 aliphatic carbocycles. The van der Waals surface area contributed by atoms with Crippen LogP contribution in [0.5, 0.6) is 17.4 Å². The van der Waals surface area contributed by atoms with E-state index in [1.807, 2.05) is 12.1 Å². The van der Waals surface area contributed by atoms with E-state index in [1.165, 1.54) is 0 Å². The van der Waals surface area contributed by atoms with Crippen molar-refractivity contribution >= 4 is 5.91 Å². The van der Waals surface area contributed by atoms with E-state index in [0.717, 1.165) is 13.1 Å². The first-order chi connectivity index (χ1) is 11.3. The number of nitrogens with zero attached hydrogens (tertiary/aromatic N) is 1. The van der Waals surface area contributed by atoms with Crippen LogP contribution < -0.4 is 20.1 Å². The molecule has 1 aromatic carbocycles. The SMILES string of the molecule is O=C(COc1ccc(Oc2ccccn2)cc1)NCC1CNC1. The molecule has 0 radical (unpaired) electrons. The van der Waals surface area contributed by atoms with E-state index in [4.69, 9.17) is 9.47 Å². The average Bonchev–Trinajstić information content (AvgIpc) is 2.54. The summed E-state index contributed by atoms with van der Waals surface area (Å²) >= 11 is 0. The number of hydrogen-bond donors (Lipinski definition) is 2. The first kappa shape index (κ1) is 15.3. The van der Waals surface area contributed by atoms with Gasteiger partial charge in [-0.25, -0.2) is 4.98 Å². The number of amides is 1. The molecule has 6 nitrogen and oxygen atoms in total.